The lowest BCUT2D eigenvalue weighted by Crippen LogP contribution is -2.00. The van der Waals surface area contributed by atoms with Gasteiger partial charge in [-0.2, -0.15) is 0 Å². The van der Waals surface area contributed by atoms with Crippen LogP contribution in [0.4, 0.5) is 0 Å². The van der Waals surface area contributed by atoms with Crippen LogP contribution in [0, 0.1) is 0 Å². The molecule has 0 amide bonds. The first-order chi connectivity index (χ1) is 27.8. The second-order valence-corrected chi connectivity index (χ2v) is 18.1. The third-order valence-electron chi connectivity index (χ3n) is 13.4. The van der Waals surface area contributed by atoms with Crippen molar-refractivity contribution in [3.05, 3.63) is 71.8 Å². The van der Waals surface area contributed by atoms with Crippen molar-refractivity contribution in [2.45, 2.75) is 232 Å². The molecule has 0 saturated heterocycles. The second kappa shape index (κ2) is 27.2. The van der Waals surface area contributed by atoms with Crippen LogP contribution < -0.4 is 0 Å². The van der Waals surface area contributed by atoms with Crippen LogP contribution in [0.3, 0.4) is 0 Å². The van der Waals surface area contributed by atoms with Gasteiger partial charge in [-0.1, -0.05) is 267 Å². The lowest BCUT2D eigenvalue weighted by atomic mass is 9.83. The fraction of sp³-hybridized carbons (Fsp3) is 0.643. The Balaban J connectivity index is 1.09. The Morgan fingerprint density at radius 2 is 0.625 bits per heavy atom. The zero-order valence-electron chi connectivity index (χ0n) is 36.8. The minimum atomic E-state index is 1.23. The molecule has 56 heavy (non-hydrogen) atoms. The second-order valence-electron chi connectivity index (χ2n) is 18.1. The minimum Gasteiger partial charge on any atom is -0.0654 e. The van der Waals surface area contributed by atoms with Crippen molar-refractivity contribution in [2.24, 2.45) is 0 Å². The highest BCUT2D eigenvalue weighted by molar-refractivity contribution is 6.33. The molecule has 5 rings (SSSR count). The van der Waals surface area contributed by atoms with E-state index in [2.05, 4.69) is 74.5 Å². The fourth-order valence-corrected chi connectivity index (χ4v) is 10.1. The van der Waals surface area contributed by atoms with Crippen molar-refractivity contribution in [1.29, 1.82) is 0 Å². The van der Waals surface area contributed by atoms with Crippen molar-refractivity contribution in [1.82, 2.24) is 0 Å². The molecule has 5 aromatic rings. The molecule has 0 aliphatic heterocycles. The molecule has 308 valence electrons. The molecule has 0 saturated carbocycles. The first-order valence-electron chi connectivity index (χ1n) is 24.9. The Labute approximate surface area is 345 Å². The van der Waals surface area contributed by atoms with E-state index in [1.807, 2.05) is 0 Å². The summed E-state index contributed by atoms with van der Waals surface area (Å²) < 4.78 is 0. The Morgan fingerprint density at radius 3 is 1.05 bits per heavy atom. The summed E-state index contributed by atoms with van der Waals surface area (Å²) in [5, 5.41) is 11.8. The first-order valence-corrected chi connectivity index (χ1v) is 24.9. The first kappa shape index (κ1) is 44.5. The van der Waals surface area contributed by atoms with Gasteiger partial charge in [-0.05, 0) is 79.9 Å². The number of rotatable bonds is 34. The van der Waals surface area contributed by atoms with Crippen molar-refractivity contribution >= 4 is 43.1 Å². The zero-order valence-corrected chi connectivity index (χ0v) is 36.8. The topological polar surface area (TPSA) is 0 Å². The normalized spacial score (nSPS) is 12.0. The standard InChI is InChI=1S/C56H84/c1-3-5-7-9-11-13-15-17-19-21-23-25-27-29-31-33-38-48-46-49-41-37-44-52-51-43-35-39-47-40-36-45-53(54(47)51)56(55(49)52)50(48)42-34-32-30-28-26-24-22-20-18-16-14-12-10-8-6-4-2/h35-37,39-41,43-46H,3-34,38,42H2,1-2H3. The van der Waals surface area contributed by atoms with Crippen molar-refractivity contribution in [2.75, 3.05) is 0 Å². The molecule has 0 heteroatoms. The van der Waals surface area contributed by atoms with Crippen LogP contribution in [0.2, 0.25) is 0 Å². The van der Waals surface area contributed by atoms with Gasteiger partial charge in [-0.25, -0.2) is 0 Å². The Bertz CT molecular complexity index is 1740. The van der Waals surface area contributed by atoms with Crippen molar-refractivity contribution in [3.8, 4) is 0 Å². The van der Waals surface area contributed by atoms with Gasteiger partial charge in [0.05, 0.1) is 0 Å². The third kappa shape index (κ3) is 14.3. The maximum Gasteiger partial charge on any atom is -0.00234 e. The molecular formula is C56H84. The molecule has 0 bridgehead atoms. The van der Waals surface area contributed by atoms with E-state index in [4.69, 9.17) is 0 Å². The van der Waals surface area contributed by atoms with Gasteiger partial charge in [0.1, 0.15) is 0 Å². The third-order valence-corrected chi connectivity index (χ3v) is 13.4. The molecule has 0 radical (unpaired) electrons. The summed E-state index contributed by atoms with van der Waals surface area (Å²) in [6.07, 6.45) is 48.2. The van der Waals surface area contributed by atoms with E-state index < -0.39 is 0 Å². The highest BCUT2D eigenvalue weighted by atomic mass is 14.2. The molecule has 0 atom stereocenters. The van der Waals surface area contributed by atoms with Crippen LogP contribution in [0.1, 0.15) is 230 Å². The number of fused-ring (bicyclic) bond motifs is 2. The van der Waals surface area contributed by atoms with Gasteiger partial charge in [0.2, 0.25) is 0 Å². The minimum absolute atomic E-state index is 1.23. The lowest BCUT2D eigenvalue weighted by Gasteiger charge is -2.20. The van der Waals surface area contributed by atoms with Crippen LogP contribution in [-0.2, 0) is 12.8 Å². The monoisotopic (exact) mass is 757 g/mol. The van der Waals surface area contributed by atoms with E-state index in [0.717, 1.165) is 0 Å². The summed E-state index contributed by atoms with van der Waals surface area (Å²) in [4.78, 5) is 0. The molecule has 0 fully saturated rings. The van der Waals surface area contributed by atoms with Crippen molar-refractivity contribution in [3.63, 3.8) is 0 Å². The van der Waals surface area contributed by atoms with E-state index in [1.54, 1.807) is 16.5 Å². The van der Waals surface area contributed by atoms with Gasteiger partial charge in [0, 0.05) is 0 Å². The molecular weight excluding hydrogens is 673 g/mol. The summed E-state index contributed by atoms with van der Waals surface area (Å²) in [5.41, 5.74) is 3.32. The predicted molar refractivity (Wildman–Crippen MR) is 254 cm³/mol. The van der Waals surface area contributed by atoms with Crippen LogP contribution in [0.25, 0.3) is 43.1 Å². The van der Waals surface area contributed by atoms with Gasteiger partial charge in [-0.3, -0.25) is 0 Å². The van der Waals surface area contributed by atoms with E-state index >= 15 is 0 Å². The van der Waals surface area contributed by atoms with Crippen LogP contribution in [0.5, 0.6) is 0 Å². The van der Waals surface area contributed by atoms with Crippen molar-refractivity contribution < 1.29 is 0 Å². The molecule has 0 spiro atoms. The van der Waals surface area contributed by atoms with Crippen LogP contribution >= 0.6 is 0 Å². The van der Waals surface area contributed by atoms with E-state index in [0.29, 0.717) is 0 Å². The number of hydrogen-bond acceptors (Lipinski definition) is 0. The maximum absolute atomic E-state index is 2.61. The molecule has 0 aliphatic rings. The lowest BCUT2D eigenvalue weighted by molar-refractivity contribution is 0.528. The SMILES string of the molecule is CCCCCCCCCCCCCCCCCCc1cc2cccc3c4cccc5cccc(c(c1CCCCCCCCCCCCCCCCCC)c23)c54. The fourth-order valence-electron chi connectivity index (χ4n) is 10.1. The zero-order chi connectivity index (χ0) is 38.9. The summed E-state index contributed by atoms with van der Waals surface area (Å²) in [6, 6.07) is 23.7. The highest BCUT2D eigenvalue weighted by Gasteiger charge is 2.18. The van der Waals surface area contributed by atoms with Crippen LogP contribution in [-0.4, -0.2) is 0 Å². The van der Waals surface area contributed by atoms with Gasteiger partial charge in [0.15, 0.2) is 0 Å². The maximum atomic E-state index is 2.61. The quantitative estimate of drug-likeness (QED) is 0.0223. The number of benzene rings is 5. The highest BCUT2D eigenvalue weighted by Crippen LogP contribution is 2.43. The summed E-state index contributed by atoms with van der Waals surface area (Å²) >= 11 is 0. The summed E-state index contributed by atoms with van der Waals surface area (Å²) in [6.45, 7) is 4.63. The Hall–Kier alpha value is -2.60. The number of aryl methyl sites for hydroxylation is 2. The predicted octanol–water partition coefficient (Wildman–Crippen LogP) is 19.3. The van der Waals surface area contributed by atoms with Gasteiger partial charge >= 0.3 is 0 Å². The molecule has 0 aliphatic carbocycles. The van der Waals surface area contributed by atoms with E-state index in [1.165, 1.54) is 256 Å². The van der Waals surface area contributed by atoms with Gasteiger partial charge in [0.25, 0.3) is 0 Å². The molecule has 5 aromatic carbocycles. The molecule has 0 heterocycles. The molecule has 0 aromatic heterocycles. The van der Waals surface area contributed by atoms with E-state index in [-0.39, 0.29) is 0 Å². The average molecular weight is 757 g/mol. The van der Waals surface area contributed by atoms with Crippen LogP contribution in [0.15, 0.2) is 60.7 Å². The summed E-state index contributed by atoms with van der Waals surface area (Å²) in [5.74, 6) is 0. The van der Waals surface area contributed by atoms with Gasteiger partial charge in [-0.15, -0.1) is 0 Å². The smallest absolute Gasteiger partial charge is 0.00234 e. The molecule has 0 nitrogen and oxygen atoms in total. The van der Waals surface area contributed by atoms with Gasteiger partial charge < -0.3 is 0 Å². The number of unbranched alkanes of at least 4 members (excludes halogenated alkanes) is 30. The number of hydrogen-bond donors (Lipinski definition) is 0. The average Bonchev–Trinajstić information content (AvgIpc) is 3.22. The molecule has 0 N–H and O–H groups in total. The molecule has 0 unspecified atom stereocenters. The Kier molecular flexibility index (Phi) is 21.6. The Morgan fingerprint density at radius 1 is 0.286 bits per heavy atom. The summed E-state index contributed by atoms with van der Waals surface area (Å²) in [7, 11) is 0. The largest absolute Gasteiger partial charge is 0.0654 e. The van der Waals surface area contributed by atoms with E-state index in [9.17, 15) is 0 Å².